The lowest BCUT2D eigenvalue weighted by atomic mass is 10.0. The first kappa shape index (κ1) is 9.98. The van der Waals surface area contributed by atoms with Crippen LogP contribution in [0.4, 0.5) is 0 Å². The summed E-state index contributed by atoms with van der Waals surface area (Å²) in [5.74, 6) is 4.46. The van der Waals surface area contributed by atoms with Gasteiger partial charge in [0.05, 0.1) is 0 Å². The van der Waals surface area contributed by atoms with Gasteiger partial charge in [-0.25, -0.2) is 0 Å². The molecule has 0 amide bonds. The van der Waals surface area contributed by atoms with Crippen molar-refractivity contribution in [1.29, 1.82) is 0 Å². The average Bonchev–Trinajstić information content (AvgIpc) is 2.68. The van der Waals surface area contributed by atoms with Crippen LogP contribution in [0.3, 0.4) is 0 Å². The van der Waals surface area contributed by atoms with Crippen LogP contribution < -0.4 is 5.73 Å². The van der Waals surface area contributed by atoms with E-state index in [9.17, 15) is 0 Å². The summed E-state index contributed by atoms with van der Waals surface area (Å²) in [4.78, 5) is 4.36. The van der Waals surface area contributed by atoms with Crippen LogP contribution in [0.2, 0.25) is 0 Å². The van der Waals surface area contributed by atoms with Crippen LogP contribution >= 0.6 is 11.8 Å². The molecule has 78 valence electrons. The Kier molecular flexibility index (Phi) is 3.42. The van der Waals surface area contributed by atoms with Gasteiger partial charge in [-0.15, -0.1) is 0 Å². The van der Waals surface area contributed by atoms with Crippen LogP contribution in [0.1, 0.15) is 30.5 Å². The number of aromatic nitrogens is 2. The van der Waals surface area contributed by atoms with Crippen LogP contribution in [0.25, 0.3) is 0 Å². The number of nitrogens with two attached hydrogens (primary N) is 1. The zero-order chi connectivity index (χ0) is 9.80. The highest BCUT2D eigenvalue weighted by atomic mass is 32.2. The van der Waals surface area contributed by atoms with Crippen molar-refractivity contribution in [3.63, 3.8) is 0 Å². The third-order valence-electron chi connectivity index (χ3n) is 2.42. The molecule has 0 unspecified atom stereocenters. The fraction of sp³-hybridized carbons (Fsp3) is 0.778. The highest BCUT2D eigenvalue weighted by Gasteiger charge is 2.21. The zero-order valence-corrected chi connectivity index (χ0v) is 8.92. The summed E-state index contributed by atoms with van der Waals surface area (Å²) in [7, 11) is 0. The molecule has 0 saturated carbocycles. The molecule has 1 aromatic rings. The molecule has 0 radical (unpaired) electrons. The van der Waals surface area contributed by atoms with Crippen molar-refractivity contribution >= 4 is 11.8 Å². The Morgan fingerprint density at radius 1 is 1.43 bits per heavy atom. The van der Waals surface area contributed by atoms with Crippen molar-refractivity contribution in [2.24, 2.45) is 5.73 Å². The topological polar surface area (TPSA) is 64.9 Å². The molecule has 1 saturated heterocycles. The van der Waals surface area contributed by atoms with Gasteiger partial charge in [-0.1, -0.05) is 5.16 Å². The minimum Gasteiger partial charge on any atom is -0.339 e. The molecule has 5 heteroatoms. The van der Waals surface area contributed by atoms with Crippen LogP contribution in [0, 0.1) is 0 Å². The van der Waals surface area contributed by atoms with E-state index in [0.717, 1.165) is 24.6 Å². The maximum Gasteiger partial charge on any atom is 0.229 e. The van der Waals surface area contributed by atoms with E-state index in [0.29, 0.717) is 18.9 Å². The Bertz CT molecular complexity index is 283. The van der Waals surface area contributed by atoms with E-state index in [1.54, 1.807) is 0 Å². The quantitative estimate of drug-likeness (QED) is 0.816. The van der Waals surface area contributed by atoms with Gasteiger partial charge in [0.15, 0.2) is 5.82 Å². The minimum atomic E-state index is 0.482. The van der Waals surface area contributed by atoms with E-state index in [2.05, 4.69) is 10.1 Å². The van der Waals surface area contributed by atoms with E-state index in [1.165, 1.54) is 11.5 Å². The van der Waals surface area contributed by atoms with Crippen molar-refractivity contribution in [2.75, 3.05) is 18.1 Å². The molecule has 1 fully saturated rings. The van der Waals surface area contributed by atoms with Gasteiger partial charge in [0.25, 0.3) is 0 Å². The number of rotatable bonds is 3. The maximum atomic E-state index is 5.42. The Balaban J connectivity index is 2.00. The standard InChI is InChI=1S/C9H15N3OS/c10-4-1-8-11-9(13-12-8)7-2-5-14-6-3-7/h7H,1-6,10H2. The number of thioether (sulfide) groups is 1. The summed E-state index contributed by atoms with van der Waals surface area (Å²) >= 11 is 2.00. The minimum absolute atomic E-state index is 0.482. The number of hydrogen-bond donors (Lipinski definition) is 1. The van der Waals surface area contributed by atoms with E-state index >= 15 is 0 Å². The monoisotopic (exact) mass is 213 g/mol. The Hall–Kier alpha value is -0.550. The van der Waals surface area contributed by atoms with Crippen LogP contribution in [-0.4, -0.2) is 28.2 Å². The molecule has 1 aliphatic rings. The van der Waals surface area contributed by atoms with E-state index in [1.807, 2.05) is 11.8 Å². The third kappa shape index (κ3) is 2.27. The van der Waals surface area contributed by atoms with Crippen LogP contribution in [-0.2, 0) is 6.42 Å². The van der Waals surface area contributed by atoms with E-state index in [4.69, 9.17) is 10.3 Å². The second-order valence-electron chi connectivity index (χ2n) is 3.47. The first-order chi connectivity index (χ1) is 6.90. The highest BCUT2D eigenvalue weighted by Crippen LogP contribution is 2.30. The van der Waals surface area contributed by atoms with Gasteiger partial charge in [-0.2, -0.15) is 16.7 Å². The lowest BCUT2D eigenvalue weighted by Crippen LogP contribution is -2.08. The summed E-state index contributed by atoms with van der Waals surface area (Å²) < 4.78 is 5.23. The molecular weight excluding hydrogens is 198 g/mol. The van der Waals surface area contributed by atoms with Crippen LogP contribution in [0.5, 0.6) is 0 Å². The molecule has 0 atom stereocenters. The fourth-order valence-electron chi connectivity index (χ4n) is 1.61. The number of hydrogen-bond acceptors (Lipinski definition) is 5. The van der Waals surface area contributed by atoms with Gasteiger partial charge in [0, 0.05) is 12.3 Å². The fourth-order valence-corrected chi connectivity index (χ4v) is 2.71. The number of nitrogens with zero attached hydrogens (tertiary/aromatic N) is 2. The molecule has 2 N–H and O–H groups in total. The third-order valence-corrected chi connectivity index (χ3v) is 3.47. The molecule has 0 aromatic carbocycles. The highest BCUT2D eigenvalue weighted by molar-refractivity contribution is 7.99. The lowest BCUT2D eigenvalue weighted by molar-refractivity contribution is 0.342. The first-order valence-electron chi connectivity index (χ1n) is 5.00. The van der Waals surface area contributed by atoms with Gasteiger partial charge < -0.3 is 10.3 Å². The molecule has 1 aliphatic heterocycles. The molecule has 0 spiro atoms. The van der Waals surface area contributed by atoms with Gasteiger partial charge in [-0.05, 0) is 30.9 Å². The van der Waals surface area contributed by atoms with Gasteiger partial charge in [0.1, 0.15) is 0 Å². The first-order valence-corrected chi connectivity index (χ1v) is 6.16. The molecule has 2 heterocycles. The molecule has 14 heavy (non-hydrogen) atoms. The zero-order valence-electron chi connectivity index (χ0n) is 8.11. The lowest BCUT2D eigenvalue weighted by Gasteiger charge is -2.16. The molecular formula is C9H15N3OS. The van der Waals surface area contributed by atoms with Crippen molar-refractivity contribution < 1.29 is 4.52 Å². The smallest absolute Gasteiger partial charge is 0.229 e. The summed E-state index contributed by atoms with van der Waals surface area (Å²) in [6.07, 6.45) is 3.04. The maximum absolute atomic E-state index is 5.42. The van der Waals surface area contributed by atoms with Crippen LogP contribution in [0.15, 0.2) is 4.52 Å². The van der Waals surface area contributed by atoms with Crippen molar-refractivity contribution in [1.82, 2.24) is 10.1 Å². The van der Waals surface area contributed by atoms with Crippen molar-refractivity contribution in [2.45, 2.75) is 25.2 Å². The SMILES string of the molecule is NCCc1noc(C2CCSCC2)n1. The van der Waals surface area contributed by atoms with E-state index in [-0.39, 0.29) is 0 Å². The molecule has 0 bridgehead atoms. The molecule has 0 aliphatic carbocycles. The predicted molar refractivity (Wildman–Crippen MR) is 56.4 cm³/mol. The summed E-state index contributed by atoms with van der Waals surface area (Å²) in [6.45, 7) is 0.583. The van der Waals surface area contributed by atoms with Gasteiger partial charge in [-0.3, -0.25) is 0 Å². The Morgan fingerprint density at radius 3 is 2.93 bits per heavy atom. The van der Waals surface area contributed by atoms with Crippen molar-refractivity contribution in [3.05, 3.63) is 11.7 Å². The van der Waals surface area contributed by atoms with Crippen molar-refractivity contribution in [3.8, 4) is 0 Å². The summed E-state index contributed by atoms with van der Waals surface area (Å²) in [5.41, 5.74) is 5.42. The molecule has 4 nitrogen and oxygen atoms in total. The average molecular weight is 213 g/mol. The molecule has 1 aromatic heterocycles. The largest absolute Gasteiger partial charge is 0.339 e. The Morgan fingerprint density at radius 2 is 2.21 bits per heavy atom. The normalized spacial score (nSPS) is 18.6. The van der Waals surface area contributed by atoms with Gasteiger partial charge in [0.2, 0.25) is 5.89 Å². The predicted octanol–water partition coefficient (Wildman–Crippen LogP) is 1.18. The summed E-state index contributed by atoms with van der Waals surface area (Å²) in [5, 5.41) is 3.91. The van der Waals surface area contributed by atoms with E-state index < -0.39 is 0 Å². The molecule has 2 rings (SSSR count). The summed E-state index contributed by atoms with van der Waals surface area (Å²) in [6, 6.07) is 0. The Labute approximate surface area is 87.6 Å². The second kappa shape index (κ2) is 4.79. The second-order valence-corrected chi connectivity index (χ2v) is 4.70. The van der Waals surface area contributed by atoms with Gasteiger partial charge >= 0.3 is 0 Å².